The van der Waals surface area contributed by atoms with E-state index >= 15 is 0 Å². The Hall–Kier alpha value is -2.82. The van der Waals surface area contributed by atoms with Gasteiger partial charge in [-0.3, -0.25) is 5.10 Å². The number of nitrogens with one attached hydrogen (secondary N) is 2. The van der Waals surface area contributed by atoms with Crippen LogP contribution in [0, 0.1) is 6.92 Å². The maximum atomic E-state index is 5.78. The second-order valence-corrected chi connectivity index (χ2v) is 5.27. The first kappa shape index (κ1) is 14.1. The largest absolute Gasteiger partial charge is 0.399 e. The Balaban J connectivity index is 1.59. The molecule has 0 aliphatic carbocycles. The van der Waals surface area contributed by atoms with Gasteiger partial charge in [0.1, 0.15) is 5.82 Å². The van der Waals surface area contributed by atoms with Gasteiger partial charge in [-0.25, -0.2) is 4.98 Å². The Kier molecular flexibility index (Phi) is 4.05. The zero-order valence-corrected chi connectivity index (χ0v) is 12.5. The molecule has 0 radical (unpaired) electrons. The first-order valence-corrected chi connectivity index (χ1v) is 7.28. The van der Waals surface area contributed by atoms with Crippen LogP contribution in [0.25, 0.3) is 11.4 Å². The molecule has 2 aromatic carbocycles. The van der Waals surface area contributed by atoms with Gasteiger partial charge in [0.05, 0.1) is 0 Å². The molecule has 4 N–H and O–H groups in total. The van der Waals surface area contributed by atoms with Gasteiger partial charge in [0, 0.05) is 29.9 Å². The Bertz CT molecular complexity index is 746. The molecular formula is C17H19N5. The summed E-state index contributed by atoms with van der Waals surface area (Å²) in [5, 5.41) is 10.6. The topological polar surface area (TPSA) is 79.6 Å². The van der Waals surface area contributed by atoms with Crippen LogP contribution >= 0.6 is 0 Å². The van der Waals surface area contributed by atoms with Crippen molar-refractivity contribution in [1.29, 1.82) is 0 Å². The molecule has 3 rings (SSSR count). The molecule has 0 amide bonds. The van der Waals surface area contributed by atoms with E-state index in [1.165, 1.54) is 5.56 Å². The van der Waals surface area contributed by atoms with Crippen LogP contribution in [0.2, 0.25) is 0 Å². The van der Waals surface area contributed by atoms with E-state index in [4.69, 9.17) is 5.73 Å². The molecule has 0 saturated heterocycles. The van der Waals surface area contributed by atoms with Gasteiger partial charge in [-0.05, 0) is 31.2 Å². The van der Waals surface area contributed by atoms with Crippen molar-refractivity contribution >= 4 is 11.4 Å². The van der Waals surface area contributed by atoms with Crippen molar-refractivity contribution in [2.24, 2.45) is 0 Å². The lowest BCUT2D eigenvalue weighted by Crippen LogP contribution is -2.05. The molecule has 0 spiro atoms. The summed E-state index contributed by atoms with van der Waals surface area (Å²) in [5.74, 6) is 1.54. The third-order valence-corrected chi connectivity index (χ3v) is 3.42. The number of nitrogens with two attached hydrogens (primary N) is 1. The minimum atomic E-state index is 0.678. The highest BCUT2D eigenvalue weighted by Crippen LogP contribution is 2.17. The van der Waals surface area contributed by atoms with Crippen molar-refractivity contribution < 1.29 is 0 Å². The zero-order valence-electron chi connectivity index (χ0n) is 12.5. The number of aromatic amines is 1. The second kappa shape index (κ2) is 6.30. The molecule has 0 atom stereocenters. The Labute approximate surface area is 129 Å². The lowest BCUT2D eigenvalue weighted by molar-refractivity contribution is 0.901. The molecule has 22 heavy (non-hydrogen) atoms. The summed E-state index contributed by atoms with van der Waals surface area (Å²) >= 11 is 0. The smallest absolute Gasteiger partial charge is 0.181 e. The van der Waals surface area contributed by atoms with E-state index in [0.717, 1.165) is 30.0 Å². The van der Waals surface area contributed by atoms with Gasteiger partial charge in [-0.2, -0.15) is 5.10 Å². The molecule has 0 unspecified atom stereocenters. The maximum Gasteiger partial charge on any atom is 0.181 e. The number of hydrogen-bond acceptors (Lipinski definition) is 4. The number of nitrogen functional groups attached to an aromatic ring is 1. The van der Waals surface area contributed by atoms with E-state index < -0.39 is 0 Å². The molecule has 1 heterocycles. The van der Waals surface area contributed by atoms with E-state index in [-0.39, 0.29) is 0 Å². The SMILES string of the molecule is Cc1ccc(NCCc2nc(-c3cccc(N)c3)n[nH]2)cc1. The van der Waals surface area contributed by atoms with Crippen LogP contribution in [0.1, 0.15) is 11.4 Å². The van der Waals surface area contributed by atoms with Crippen LogP contribution in [0.4, 0.5) is 11.4 Å². The number of benzene rings is 2. The molecule has 0 fully saturated rings. The van der Waals surface area contributed by atoms with Crippen LogP contribution in [0.15, 0.2) is 48.5 Å². The van der Waals surface area contributed by atoms with E-state index in [1.54, 1.807) is 0 Å². The van der Waals surface area contributed by atoms with Gasteiger partial charge in [-0.1, -0.05) is 29.8 Å². The third-order valence-electron chi connectivity index (χ3n) is 3.42. The van der Waals surface area contributed by atoms with Crippen molar-refractivity contribution in [2.45, 2.75) is 13.3 Å². The third kappa shape index (κ3) is 3.44. The molecule has 0 aliphatic rings. The fourth-order valence-electron chi connectivity index (χ4n) is 2.21. The number of rotatable bonds is 5. The monoisotopic (exact) mass is 293 g/mol. The number of aromatic nitrogens is 3. The number of nitrogens with zero attached hydrogens (tertiary/aromatic N) is 2. The van der Waals surface area contributed by atoms with Gasteiger partial charge in [0.25, 0.3) is 0 Å². The van der Waals surface area contributed by atoms with Gasteiger partial charge in [0.15, 0.2) is 5.82 Å². The fraction of sp³-hybridized carbons (Fsp3) is 0.176. The van der Waals surface area contributed by atoms with Crippen LogP contribution < -0.4 is 11.1 Å². The summed E-state index contributed by atoms with van der Waals surface area (Å²) in [7, 11) is 0. The summed E-state index contributed by atoms with van der Waals surface area (Å²) in [6, 6.07) is 15.9. The Morgan fingerprint density at radius 2 is 1.95 bits per heavy atom. The number of hydrogen-bond donors (Lipinski definition) is 3. The fourth-order valence-corrected chi connectivity index (χ4v) is 2.21. The molecule has 0 saturated carbocycles. The Morgan fingerprint density at radius 3 is 2.73 bits per heavy atom. The molecule has 5 heteroatoms. The quantitative estimate of drug-likeness (QED) is 0.632. The number of H-pyrrole nitrogens is 1. The minimum Gasteiger partial charge on any atom is -0.399 e. The molecule has 5 nitrogen and oxygen atoms in total. The van der Waals surface area contributed by atoms with Crippen LogP contribution in [0.3, 0.4) is 0 Å². The maximum absolute atomic E-state index is 5.78. The summed E-state index contributed by atoms with van der Waals surface area (Å²) in [6.07, 6.45) is 0.781. The van der Waals surface area contributed by atoms with Crippen LogP contribution in [-0.4, -0.2) is 21.7 Å². The van der Waals surface area contributed by atoms with Gasteiger partial charge < -0.3 is 11.1 Å². The normalized spacial score (nSPS) is 10.6. The highest BCUT2D eigenvalue weighted by atomic mass is 15.2. The summed E-state index contributed by atoms with van der Waals surface area (Å²) in [6.45, 7) is 2.88. The molecule has 112 valence electrons. The predicted octanol–water partition coefficient (Wildman–Crippen LogP) is 3.02. The average molecular weight is 293 g/mol. The Morgan fingerprint density at radius 1 is 1.14 bits per heavy atom. The molecule has 3 aromatic rings. The van der Waals surface area contributed by atoms with Gasteiger partial charge in [0.2, 0.25) is 0 Å². The first-order valence-electron chi connectivity index (χ1n) is 7.28. The van der Waals surface area contributed by atoms with E-state index in [1.807, 2.05) is 24.3 Å². The van der Waals surface area contributed by atoms with Crippen molar-refractivity contribution in [3.63, 3.8) is 0 Å². The van der Waals surface area contributed by atoms with Crippen molar-refractivity contribution in [3.8, 4) is 11.4 Å². The van der Waals surface area contributed by atoms with Crippen molar-refractivity contribution in [2.75, 3.05) is 17.6 Å². The lowest BCUT2D eigenvalue weighted by atomic mass is 10.2. The van der Waals surface area contributed by atoms with Gasteiger partial charge in [-0.15, -0.1) is 0 Å². The van der Waals surface area contributed by atoms with Crippen LogP contribution in [-0.2, 0) is 6.42 Å². The zero-order chi connectivity index (χ0) is 15.4. The second-order valence-electron chi connectivity index (χ2n) is 5.27. The molecule has 1 aromatic heterocycles. The summed E-state index contributed by atoms with van der Waals surface area (Å²) in [5.41, 5.74) is 9.79. The molecular weight excluding hydrogens is 274 g/mol. The number of aryl methyl sites for hydroxylation is 1. The lowest BCUT2D eigenvalue weighted by Gasteiger charge is -2.04. The average Bonchev–Trinajstić information content (AvgIpc) is 2.98. The summed E-state index contributed by atoms with van der Waals surface area (Å²) < 4.78 is 0. The van der Waals surface area contributed by atoms with Crippen molar-refractivity contribution in [1.82, 2.24) is 15.2 Å². The highest BCUT2D eigenvalue weighted by Gasteiger charge is 2.06. The standard InChI is InChI=1S/C17H19N5/c1-12-5-7-15(8-6-12)19-10-9-16-20-17(22-21-16)13-3-2-4-14(18)11-13/h2-8,11,19H,9-10,18H2,1H3,(H,20,21,22). The van der Waals surface area contributed by atoms with Crippen LogP contribution in [0.5, 0.6) is 0 Å². The van der Waals surface area contributed by atoms with Crippen molar-refractivity contribution in [3.05, 3.63) is 59.9 Å². The van der Waals surface area contributed by atoms with E-state index in [0.29, 0.717) is 11.5 Å². The predicted molar refractivity (Wildman–Crippen MR) is 89.6 cm³/mol. The highest BCUT2D eigenvalue weighted by molar-refractivity contribution is 5.60. The van der Waals surface area contributed by atoms with Gasteiger partial charge >= 0.3 is 0 Å². The molecule has 0 bridgehead atoms. The summed E-state index contributed by atoms with van der Waals surface area (Å²) in [4.78, 5) is 4.50. The van der Waals surface area contributed by atoms with E-state index in [9.17, 15) is 0 Å². The number of anilines is 2. The minimum absolute atomic E-state index is 0.678. The molecule has 0 aliphatic heterocycles. The first-order chi connectivity index (χ1) is 10.7. The van der Waals surface area contributed by atoms with E-state index in [2.05, 4.69) is 51.7 Å².